The molecule has 0 unspecified atom stereocenters. The number of imidazole rings is 1. The minimum absolute atomic E-state index is 0.0410. The Hall–Kier alpha value is -3.38. The Morgan fingerprint density at radius 3 is 2.51 bits per heavy atom. The van der Waals surface area contributed by atoms with Gasteiger partial charge in [0.2, 0.25) is 17.7 Å². The van der Waals surface area contributed by atoms with Crippen LogP contribution in [0.1, 0.15) is 63.6 Å². The minimum Gasteiger partial charge on any atom is -0.474 e. The first-order chi connectivity index (χ1) is 20.0. The quantitative estimate of drug-likeness (QED) is 0.400. The van der Waals surface area contributed by atoms with Crippen LogP contribution in [0.15, 0.2) is 30.3 Å². The lowest BCUT2D eigenvalue weighted by atomic mass is 9.93. The molecule has 0 bridgehead atoms. The van der Waals surface area contributed by atoms with E-state index in [1.54, 1.807) is 30.3 Å². The molecule has 1 amide bonds. The predicted octanol–water partition coefficient (Wildman–Crippen LogP) is 3.93. The van der Waals surface area contributed by atoms with Crippen molar-refractivity contribution in [3.8, 4) is 11.7 Å². The van der Waals surface area contributed by atoms with Crippen LogP contribution in [-0.2, 0) is 9.53 Å². The third-order valence-electron chi connectivity index (χ3n) is 8.22. The van der Waals surface area contributed by atoms with Gasteiger partial charge in [-0.05, 0) is 50.7 Å². The molecule has 3 aromatic rings. The molecule has 3 aliphatic rings. The van der Waals surface area contributed by atoms with E-state index in [2.05, 4.69) is 20.6 Å². The number of benzene rings is 1. The lowest BCUT2D eigenvalue weighted by Crippen LogP contribution is -2.44. The van der Waals surface area contributed by atoms with Crippen molar-refractivity contribution in [2.75, 3.05) is 37.7 Å². The molecule has 3 heterocycles. The lowest BCUT2D eigenvalue weighted by Gasteiger charge is -2.30. The van der Waals surface area contributed by atoms with E-state index in [0.717, 1.165) is 38.5 Å². The summed E-state index contributed by atoms with van der Waals surface area (Å²) in [5.41, 5.74) is 1.01. The van der Waals surface area contributed by atoms with E-state index in [0.29, 0.717) is 61.8 Å². The Bertz CT molecular complexity index is 1330. The third-order valence-corrected chi connectivity index (χ3v) is 8.22. The fourth-order valence-electron chi connectivity index (χ4n) is 6.05. The summed E-state index contributed by atoms with van der Waals surface area (Å²) in [4.78, 5) is 28.0. The van der Waals surface area contributed by atoms with Crippen LogP contribution in [-0.4, -0.2) is 76.5 Å². The number of para-hydroxylation sites is 2. The number of carbonyl (C=O) groups excluding carboxylic acids is 1. The van der Waals surface area contributed by atoms with Gasteiger partial charge in [0, 0.05) is 31.2 Å². The highest BCUT2D eigenvalue weighted by Crippen LogP contribution is 2.31. The van der Waals surface area contributed by atoms with Crippen molar-refractivity contribution >= 4 is 22.9 Å². The molecule has 2 saturated carbocycles. The van der Waals surface area contributed by atoms with Gasteiger partial charge in [-0.2, -0.15) is 9.97 Å². The van der Waals surface area contributed by atoms with Gasteiger partial charge in [0.25, 0.3) is 6.43 Å². The van der Waals surface area contributed by atoms with Gasteiger partial charge >= 0.3 is 0 Å². The molecule has 2 aliphatic carbocycles. The van der Waals surface area contributed by atoms with Crippen molar-refractivity contribution in [3.63, 3.8) is 0 Å². The van der Waals surface area contributed by atoms with Gasteiger partial charge in [-0.1, -0.05) is 25.0 Å². The van der Waals surface area contributed by atoms with Crippen molar-refractivity contribution in [2.24, 2.45) is 0 Å². The highest BCUT2D eigenvalue weighted by Gasteiger charge is 2.27. The largest absolute Gasteiger partial charge is 0.474 e. The molecule has 2 N–H and O–H groups in total. The van der Waals surface area contributed by atoms with Gasteiger partial charge in [0.15, 0.2) is 5.82 Å². The van der Waals surface area contributed by atoms with Gasteiger partial charge in [0.05, 0.1) is 30.8 Å². The molecule has 6 rings (SSSR count). The van der Waals surface area contributed by atoms with Crippen molar-refractivity contribution in [3.05, 3.63) is 36.2 Å². The summed E-state index contributed by atoms with van der Waals surface area (Å²) in [5.74, 6) is 0.704. The molecule has 3 fully saturated rings. The highest BCUT2D eigenvalue weighted by molar-refractivity contribution is 5.78. The number of hydrogen-bond acceptors (Lipinski definition) is 8. The number of morpholine rings is 1. The summed E-state index contributed by atoms with van der Waals surface area (Å²) in [7, 11) is 0. The van der Waals surface area contributed by atoms with Crippen LogP contribution in [0.25, 0.3) is 16.9 Å². The number of nitrogens with one attached hydrogen (secondary N) is 2. The molecule has 0 radical (unpaired) electrons. The van der Waals surface area contributed by atoms with Gasteiger partial charge in [0.1, 0.15) is 11.9 Å². The first-order valence-electron chi connectivity index (χ1n) is 14.7. The van der Waals surface area contributed by atoms with Gasteiger partial charge in [-0.25, -0.2) is 13.8 Å². The second-order valence-electron chi connectivity index (χ2n) is 11.1. The third kappa shape index (κ3) is 6.59. The number of carbonyl (C=O) groups is 1. The molecule has 10 nitrogen and oxygen atoms in total. The first-order valence-corrected chi connectivity index (χ1v) is 14.7. The number of ether oxygens (including phenoxy) is 2. The summed E-state index contributed by atoms with van der Waals surface area (Å²) in [6.45, 7) is 2.61. The fraction of sp³-hybridized carbons (Fsp3) is 0.586. The summed E-state index contributed by atoms with van der Waals surface area (Å²) in [6, 6.07) is 9.22. The van der Waals surface area contributed by atoms with Crippen LogP contribution in [0, 0.1) is 0 Å². The molecule has 12 heteroatoms. The fourth-order valence-corrected chi connectivity index (χ4v) is 6.05. The van der Waals surface area contributed by atoms with E-state index in [1.807, 2.05) is 4.90 Å². The molecular weight excluding hydrogens is 532 g/mol. The van der Waals surface area contributed by atoms with Crippen molar-refractivity contribution < 1.29 is 23.0 Å². The van der Waals surface area contributed by atoms with E-state index in [1.165, 1.54) is 17.4 Å². The molecule has 1 saturated heterocycles. The van der Waals surface area contributed by atoms with Gasteiger partial charge in [-0.3, -0.25) is 9.36 Å². The number of aromatic nitrogens is 4. The monoisotopic (exact) mass is 569 g/mol. The van der Waals surface area contributed by atoms with Gasteiger partial charge in [-0.15, -0.1) is 0 Å². The lowest BCUT2D eigenvalue weighted by molar-refractivity contribution is -0.121. The second-order valence-corrected chi connectivity index (χ2v) is 11.1. The van der Waals surface area contributed by atoms with Crippen LogP contribution in [0.2, 0.25) is 0 Å². The topological polar surface area (TPSA) is 106 Å². The van der Waals surface area contributed by atoms with Crippen LogP contribution >= 0.6 is 0 Å². The highest BCUT2D eigenvalue weighted by atomic mass is 19.3. The van der Waals surface area contributed by atoms with E-state index in [4.69, 9.17) is 14.5 Å². The zero-order valence-corrected chi connectivity index (χ0v) is 23.1. The minimum atomic E-state index is -2.78. The predicted molar refractivity (Wildman–Crippen MR) is 150 cm³/mol. The molecule has 1 aliphatic heterocycles. The standard InChI is InChI=1S/C29H37F2N7O3/c30-27(31)28-34-22-7-3-4-8-23(22)38(28)24-17-26(36-29(35-24)37-13-15-40-16-14-37)41-21-11-9-20(10-12-21)33-25(39)18-32-19-5-1-2-6-19/h3-4,7-8,17,19-21,27,32H,1-2,5-6,9-16,18H2,(H,33,39)/t20-,21-. The maximum absolute atomic E-state index is 14.1. The Morgan fingerprint density at radius 1 is 1.00 bits per heavy atom. The van der Waals surface area contributed by atoms with Crippen LogP contribution in [0.3, 0.4) is 0 Å². The smallest absolute Gasteiger partial charge is 0.296 e. The van der Waals surface area contributed by atoms with Crippen LogP contribution in [0.5, 0.6) is 5.88 Å². The average molecular weight is 570 g/mol. The number of anilines is 1. The molecule has 41 heavy (non-hydrogen) atoms. The van der Waals surface area contributed by atoms with E-state index in [-0.39, 0.29) is 29.7 Å². The van der Waals surface area contributed by atoms with Crippen LogP contribution in [0.4, 0.5) is 14.7 Å². The normalized spacial score (nSPS) is 22.0. The molecule has 2 aromatic heterocycles. The summed E-state index contributed by atoms with van der Waals surface area (Å²) in [5, 5.41) is 6.53. The summed E-state index contributed by atoms with van der Waals surface area (Å²) >= 11 is 0. The Morgan fingerprint density at radius 2 is 1.76 bits per heavy atom. The first kappa shape index (κ1) is 27.8. The van der Waals surface area contributed by atoms with E-state index < -0.39 is 6.43 Å². The Labute approximate surface area is 237 Å². The number of fused-ring (bicyclic) bond motifs is 1. The zero-order chi connectivity index (χ0) is 28.2. The number of rotatable bonds is 9. The molecule has 1 aromatic carbocycles. The van der Waals surface area contributed by atoms with Crippen molar-refractivity contribution in [1.29, 1.82) is 0 Å². The van der Waals surface area contributed by atoms with Crippen LogP contribution < -0.4 is 20.3 Å². The van der Waals surface area contributed by atoms with E-state index >= 15 is 0 Å². The average Bonchev–Trinajstić information content (AvgIpc) is 3.66. The number of nitrogens with zero attached hydrogens (tertiary/aromatic N) is 5. The zero-order valence-electron chi connectivity index (χ0n) is 23.1. The maximum Gasteiger partial charge on any atom is 0.296 e. The van der Waals surface area contributed by atoms with Gasteiger partial charge < -0.3 is 25.0 Å². The number of alkyl halides is 2. The second kappa shape index (κ2) is 12.6. The number of hydrogen-bond donors (Lipinski definition) is 2. The van der Waals surface area contributed by atoms with Crippen molar-refractivity contribution in [1.82, 2.24) is 30.2 Å². The number of amides is 1. The van der Waals surface area contributed by atoms with Crippen molar-refractivity contribution in [2.45, 2.75) is 76.0 Å². The molecule has 0 spiro atoms. The molecule has 0 atom stereocenters. The Kier molecular flexibility index (Phi) is 8.56. The SMILES string of the molecule is O=C(CNC1CCCC1)N[C@H]1CC[C@H](Oc2cc(-n3c(C(F)F)nc4ccccc43)nc(N3CCOCC3)n2)CC1. The maximum atomic E-state index is 14.1. The molecular formula is C29H37F2N7O3. The number of halogens is 2. The molecule has 220 valence electrons. The summed E-state index contributed by atoms with van der Waals surface area (Å²) in [6.07, 6.45) is 4.98. The van der Waals surface area contributed by atoms with E-state index in [9.17, 15) is 13.6 Å². The Balaban J connectivity index is 1.17. The summed E-state index contributed by atoms with van der Waals surface area (Å²) < 4.78 is 41.5.